The molecule has 1 amide bonds. The summed E-state index contributed by atoms with van der Waals surface area (Å²) in [5.74, 6) is -0.126. The zero-order chi connectivity index (χ0) is 11.3. The molecule has 0 unspecified atom stereocenters. The molecule has 90 valence electrons. The quantitative estimate of drug-likeness (QED) is 0.816. The SMILES string of the molecule is CNCCNC(=O)c1cccc(C)c1Cl.Cl. The normalized spacial score (nSPS) is 9.44. The van der Waals surface area contributed by atoms with Crippen molar-refractivity contribution in [3.05, 3.63) is 34.3 Å². The number of halogens is 2. The van der Waals surface area contributed by atoms with Gasteiger partial charge in [-0.3, -0.25) is 4.79 Å². The van der Waals surface area contributed by atoms with Gasteiger partial charge in [0.2, 0.25) is 0 Å². The highest BCUT2D eigenvalue weighted by Crippen LogP contribution is 2.19. The number of rotatable bonds is 4. The van der Waals surface area contributed by atoms with Crippen molar-refractivity contribution in [1.82, 2.24) is 10.6 Å². The average Bonchev–Trinajstić information content (AvgIpc) is 2.22. The van der Waals surface area contributed by atoms with Crippen molar-refractivity contribution in [2.75, 3.05) is 20.1 Å². The van der Waals surface area contributed by atoms with Crippen LogP contribution in [0, 0.1) is 6.92 Å². The highest BCUT2D eigenvalue weighted by molar-refractivity contribution is 6.34. The monoisotopic (exact) mass is 262 g/mol. The predicted octanol–water partition coefficient (Wildman–Crippen LogP) is 2.02. The van der Waals surface area contributed by atoms with E-state index in [1.165, 1.54) is 0 Å². The van der Waals surface area contributed by atoms with Crippen molar-refractivity contribution in [2.24, 2.45) is 0 Å². The number of nitrogens with one attached hydrogen (secondary N) is 2. The number of carbonyl (C=O) groups excluding carboxylic acids is 1. The summed E-state index contributed by atoms with van der Waals surface area (Å²) in [5.41, 5.74) is 1.45. The summed E-state index contributed by atoms with van der Waals surface area (Å²) in [6.45, 7) is 3.22. The lowest BCUT2D eigenvalue weighted by molar-refractivity contribution is 0.0954. The molecule has 0 fully saturated rings. The van der Waals surface area contributed by atoms with E-state index in [9.17, 15) is 4.79 Å². The minimum absolute atomic E-state index is 0. The first-order valence-electron chi connectivity index (χ1n) is 4.84. The van der Waals surface area contributed by atoms with E-state index in [-0.39, 0.29) is 18.3 Å². The Hall–Kier alpha value is -0.770. The van der Waals surface area contributed by atoms with Gasteiger partial charge < -0.3 is 10.6 Å². The molecule has 0 radical (unpaired) electrons. The van der Waals surface area contributed by atoms with Gasteiger partial charge in [0.25, 0.3) is 5.91 Å². The van der Waals surface area contributed by atoms with Crippen LogP contribution in [0.3, 0.4) is 0 Å². The van der Waals surface area contributed by atoms with Crippen molar-refractivity contribution < 1.29 is 4.79 Å². The van der Waals surface area contributed by atoms with E-state index >= 15 is 0 Å². The topological polar surface area (TPSA) is 41.1 Å². The third kappa shape index (κ3) is 4.00. The van der Waals surface area contributed by atoms with Gasteiger partial charge in [-0.25, -0.2) is 0 Å². The van der Waals surface area contributed by atoms with E-state index in [2.05, 4.69) is 10.6 Å². The molecule has 2 N–H and O–H groups in total. The van der Waals surface area contributed by atoms with Crippen LogP contribution in [0.25, 0.3) is 0 Å². The Kier molecular flexibility index (Phi) is 7.13. The number of aryl methyl sites for hydroxylation is 1. The van der Waals surface area contributed by atoms with Crippen molar-refractivity contribution >= 4 is 29.9 Å². The smallest absolute Gasteiger partial charge is 0.252 e. The number of carbonyl (C=O) groups is 1. The van der Waals surface area contributed by atoms with E-state index < -0.39 is 0 Å². The second-order valence-electron chi connectivity index (χ2n) is 3.30. The molecule has 0 saturated carbocycles. The van der Waals surface area contributed by atoms with Crippen LogP contribution in [-0.2, 0) is 0 Å². The first kappa shape index (κ1) is 15.2. The summed E-state index contributed by atoms with van der Waals surface area (Å²) < 4.78 is 0. The number of likely N-dealkylation sites (N-methyl/N-ethyl adjacent to an activating group) is 1. The van der Waals surface area contributed by atoms with Crippen LogP contribution < -0.4 is 10.6 Å². The Labute approximate surface area is 107 Å². The maximum Gasteiger partial charge on any atom is 0.252 e. The molecule has 0 aliphatic heterocycles. The average molecular weight is 263 g/mol. The van der Waals surface area contributed by atoms with Crippen LogP contribution in [0.2, 0.25) is 5.02 Å². The molecule has 0 spiro atoms. The molecule has 16 heavy (non-hydrogen) atoms. The lowest BCUT2D eigenvalue weighted by atomic mass is 10.1. The van der Waals surface area contributed by atoms with Crippen LogP contribution in [0.1, 0.15) is 15.9 Å². The van der Waals surface area contributed by atoms with Gasteiger partial charge in [0.05, 0.1) is 10.6 Å². The predicted molar refractivity (Wildman–Crippen MR) is 69.7 cm³/mol. The Morgan fingerprint density at radius 2 is 2.06 bits per heavy atom. The molecule has 1 aromatic carbocycles. The Bertz CT molecular complexity index is 356. The molecule has 0 aromatic heterocycles. The summed E-state index contributed by atoms with van der Waals surface area (Å²) in [7, 11) is 1.84. The van der Waals surface area contributed by atoms with Gasteiger partial charge in [-0.2, -0.15) is 0 Å². The zero-order valence-corrected chi connectivity index (χ0v) is 10.9. The molecule has 0 atom stereocenters. The summed E-state index contributed by atoms with van der Waals surface area (Å²) in [6.07, 6.45) is 0. The largest absolute Gasteiger partial charge is 0.351 e. The van der Waals surface area contributed by atoms with Gasteiger partial charge >= 0.3 is 0 Å². The second kappa shape index (κ2) is 7.49. The number of benzene rings is 1. The standard InChI is InChI=1S/C11H15ClN2O.ClH/c1-8-4-3-5-9(10(8)12)11(15)14-7-6-13-2;/h3-5,13H,6-7H2,1-2H3,(H,14,15);1H. The van der Waals surface area contributed by atoms with Crippen molar-refractivity contribution in [3.63, 3.8) is 0 Å². The lowest BCUT2D eigenvalue weighted by Gasteiger charge is -2.07. The molecule has 1 rings (SSSR count). The highest BCUT2D eigenvalue weighted by atomic mass is 35.5. The van der Waals surface area contributed by atoms with Gasteiger partial charge in [0.15, 0.2) is 0 Å². The third-order valence-electron chi connectivity index (χ3n) is 2.10. The van der Waals surface area contributed by atoms with E-state index in [1.807, 2.05) is 26.1 Å². The van der Waals surface area contributed by atoms with Gasteiger partial charge in [-0.15, -0.1) is 12.4 Å². The van der Waals surface area contributed by atoms with Crippen LogP contribution in [0.4, 0.5) is 0 Å². The zero-order valence-electron chi connectivity index (χ0n) is 9.34. The van der Waals surface area contributed by atoms with Crippen LogP contribution in [0.5, 0.6) is 0 Å². The molecule has 3 nitrogen and oxygen atoms in total. The second-order valence-corrected chi connectivity index (χ2v) is 3.67. The van der Waals surface area contributed by atoms with Crippen molar-refractivity contribution in [3.8, 4) is 0 Å². The first-order valence-corrected chi connectivity index (χ1v) is 5.22. The minimum Gasteiger partial charge on any atom is -0.351 e. The van der Waals surface area contributed by atoms with Gasteiger partial charge in [-0.05, 0) is 25.6 Å². The summed E-state index contributed by atoms with van der Waals surface area (Å²) in [4.78, 5) is 11.7. The maximum atomic E-state index is 11.7. The van der Waals surface area contributed by atoms with Crippen LogP contribution in [0.15, 0.2) is 18.2 Å². The van der Waals surface area contributed by atoms with Crippen LogP contribution >= 0.6 is 24.0 Å². The van der Waals surface area contributed by atoms with Gasteiger partial charge in [-0.1, -0.05) is 23.7 Å². The number of amides is 1. The van der Waals surface area contributed by atoms with E-state index in [1.54, 1.807) is 6.07 Å². The third-order valence-corrected chi connectivity index (χ3v) is 2.60. The number of hydrogen-bond acceptors (Lipinski definition) is 2. The van der Waals surface area contributed by atoms with E-state index in [0.29, 0.717) is 17.1 Å². The lowest BCUT2D eigenvalue weighted by Crippen LogP contribution is -2.30. The molecular formula is C11H16Cl2N2O. The highest BCUT2D eigenvalue weighted by Gasteiger charge is 2.10. The molecule has 5 heteroatoms. The van der Waals surface area contributed by atoms with Gasteiger partial charge in [0.1, 0.15) is 0 Å². The fourth-order valence-corrected chi connectivity index (χ4v) is 1.43. The van der Waals surface area contributed by atoms with Crippen molar-refractivity contribution in [2.45, 2.75) is 6.92 Å². The van der Waals surface area contributed by atoms with Gasteiger partial charge in [0, 0.05) is 13.1 Å². The van der Waals surface area contributed by atoms with Crippen molar-refractivity contribution in [1.29, 1.82) is 0 Å². The summed E-state index contributed by atoms with van der Waals surface area (Å²) in [5, 5.41) is 6.26. The van der Waals surface area contributed by atoms with E-state index in [4.69, 9.17) is 11.6 Å². The molecule has 0 aliphatic carbocycles. The Balaban J connectivity index is 0.00000225. The first-order chi connectivity index (χ1) is 7.16. The molecule has 1 aromatic rings. The molecule has 0 heterocycles. The van der Waals surface area contributed by atoms with Crippen LogP contribution in [-0.4, -0.2) is 26.0 Å². The fraction of sp³-hybridized carbons (Fsp3) is 0.364. The summed E-state index contributed by atoms with van der Waals surface area (Å²) >= 11 is 6.02. The molecule has 0 aliphatic rings. The minimum atomic E-state index is -0.126. The van der Waals surface area contributed by atoms with E-state index in [0.717, 1.165) is 12.1 Å². The summed E-state index contributed by atoms with van der Waals surface area (Å²) in [6, 6.07) is 5.44. The fourth-order valence-electron chi connectivity index (χ4n) is 1.22. The number of hydrogen-bond donors (Lipinski definition) is 2. The maximum absolute atomic E-state index is 11.7. The molecule has 0 saturated heterocycles. The Morgan fingerprint density at radius 3 is 2.69 bits per heavy atom. The molecular weight excluding hydrogens is 247 g/mol. The Morgan fingerprint density at radius 1 is 1.38 bits per heavy atom. The molecule has 0 bridgehead atoms.